The first-order valence-electron chi connectivity index (χ1n) is 3.81. The molecule has 0 spiro atoms. The largest absolute Gasteiger partial charge is 0.270 e. The van der Waals surface area contributed by atoms with Crippen molar-refractivity contribution in [3.05, 3.63) is 45.0 Å². The third-order valence-electron chi connectivity index (χ3n) is 1.58. The highest BCUT2D eigenvalue weighted by Gasteiger charge is 2.07. The molecule has 0 radical (unpaired) electrons. The van der Waals surface area contributed by atoms with Crippen LogP contribution in [0.4, 0.5) is 5.69 Å². The molecule has 0 fully saturated rings. The molecule has 5 heteroatoms. The van der Waals surface area contributed by atoms with E-state index in [2.05, 4.69) is 0 Å². The Kier molecular flexibility index (Phi) is 3.92. The zero-order valence-corrected chi connectivity index (χ0v) is 8.63. The predicted octanol–water partition coefficient (Wildman–Crippen LogP) is 3.50. The van der Waals surface area contributed by atoms with Crippen molar-refractivity contribution < 1.29 is 4.92 Å². The Morgan fingerprint density at radius 2 is 2.21 bits per heavy atom. The molecule has 0 aromatic heterocycles. The summed E-state index contributed by atoms with van der Waals surface area (Å²) in [5.74, 6) is 0.346. The first-order valence-corrected chi connectivity index (χ1v) is 4.73. The average Bonchev–Trinajstić information content (AvgIpc) is 2.16. The predicted molar refractivity (Wildman–Crippen MR) is 57.9 cm³/mol. The van der Waals surface area contributed by atoms with Crippen LogP contribution in [0.3, 0.4) is 0 Å². The summed E-state index contributed by atoms with van der Waals surface area (Å²) >= 11 is 11.3. The minimum atomic E-state index is -0.464. The minimum Gasteiger partial charge on any atom is -0.258 e. The quantitative estimate of drug-likeness (QED) is 0.454. The van der Waals surface area contributed by atoms with E-state index in [1.54, 1.807) is 12.2 Å². The molecule has 74 valence electrons. The second-order valence-electron chi connectivity index (χ2n) is 2.52. The molecule has 0 aliphatic heterocycles. The summed E-state index contributed by atoms with van der Waals surface area (Å²) in [4.78, 5) is 9.99. The fourth-order valence-electron chi connectivity index (χ4n) is 0.944. The summed E-state index contributed by atoms with van der Waals surface area (Å²) in [6.45, 7) is 0. The third kappa shape index (κ3) is 2.72. The van der Waals surface area contributed by atoms with Crippen LogP contribution in [0.25, 0.3) is 6.08 Å². The van der Waals surface area contributed by atoms with Gasteiger partial charge < -0.3 is 0 Å². The minimum absolute atomic E-state index is 0.0172. The lowest BCUT2D eigenvalue weighted by Crippen LogP contribution is -1.88. The van der Waals surface area contributed by atoms with Gasteiger partial charge in [0.05, 0.1) is 4.92 Å². The lowest BCUT2D eigenvalue weighted by Gasteiger charge is -1.97. The topological polar surface area (TPSA) is 43.1 Å². The molecule has 14 heavy (non-hydrogen) atoms. The number of benzene rings is 1. The number of alkyl halides is 1. The molecule has 3 nitrogen and oxygen atoms in total. The Bertz CT molecular complexity index is 377. The Balaban J connectivity index is 3.08. The van der Waals surface area contributed by atoms with Crippen LogP contribution < -0.4 is 0 Å². The Hall–Kier alpha value is -1.06. The van der Waals surface area contributed by atoms with Gasteiger partial charge >= 0.3 is 0 Å². The molecule has 0 bridgehead atoms. The van der Waals surface area contributed by atoms with Crippen molar-refractivity contribution in [1.82, 2.24) is 0 Å². The van der Waals surface area contributed by atoms with E-state index < -0.39 is 4.92 Å². The highest BCUT2D eigenvalue weighted by Crippen LogP contribution is 2.23. The summed E-state index contributed by atoms with van der Waals surface area (Å²) in [6.07, 6.45) is 3.33. The van der Waals surface area contributed by atoms with Crippen LogP contribution >= 0.6 is 23.2 Å². The fourth-order valence-corrected chi connectivity index (χ4v) is 1.21. The molecule has 0 saturated heterocycles. The standard InChI is InChI=1S/C9H7Cl2NO2/c10-5-1-2-7-6-8(12(13)14)3-4-9(7)11/h1-4,6H,5H2. The highest BCUT2D eigenvalue weighted by molar-refractivity contribution is 6.32. The summed E-state index contributed by atoms with van der Waals surface area (Å²) < 4.78 is 0. The van der Waals surface area contributed by atoms with Crippen molar-refractivity contribution in [1.29, 1.82) is 0 Å². The maximum absolute atomic E-state index is 10.5. The summed E-state index contributed by atoms with van der Waals surface area (Å²) in [5, 5.41) is 10.9. The van der Waals surface area contributed by atoms with Crippen molar-refractivity contribution in [3.8, 4) is 0 Å². The average molecular weight is 232 g/mol. The molecule has 0 saturated carbocycles. The van der Waals surface area contributed by atoms with Crippen LogP contribution in [0, 0.1) is 10.1 Å². The maximum atomic E-state index is 10.5. The molecular weight excluding hydrogens is 225 g/mol. The molecule has 0 N–H and O–H groups in total. The van der Waals surface area contributed by atoms with Crippen molar-refractivity contribution in [3.63, 3.8) is 0 Å². The fraction of sp³-hybridized carbons (Fsp3) is 0.111. The molecule has 1 rings (SSSR count). The van der Waals surface area contributed by atoms with Crippen molar-refractivity contribution >= 4 is 35.0 Å². The van der Waals surface area contributed by atoms with Gasteiger partial charge in [0.25, 0.3) is 5.69 Å². The van der Waals surface area contributed by atoms with Crippen LogP contribution in [-0.2, 0) is 0 Å². The second-order valence-corrected chi connectivity index (χ2v) is 3.24. The molecule has 0 heterocycles. The first kappa shape index (κ1) is 11.0. The van der Waals surface area contributed by atoms with Crippen LogP contribution in [0.1, 0.15) is 5.56 Å². The van der Waals surface area contributed by atoms with E-state index in [0.29, 0.717) is 16.5 Å². The van der Waals surface area contributed by atoms with E-state index in [1.165, 1.54) is 18.2 Å². The number of hydrogen-bond acceptors (Lipinski definition) is 2. The lowest BCUT2D eigenvalue weighted by atomic mass is 10.2. The van der Waals surface area contributed by atoms with E-state index in [1.807, 2.05) is 0 Å². The molecule has 0 aliphatic rings. The molecule has 0 atom stereocenters. The summed E-state index contributed by atoms with van der Waals surface area (Å²) in [5.41, 5.74) is 0.616. The van der Waals surface area contributed by atoms with Gasteiger partial charge in [-0.25, -0.2) is 0 Å². The molecule has 0 unspecified atom stereocenters. The molecule has 0 amide bonds. The van der Waals surface area contributed by atoms with Crippen LogP contribution in [0.5, 0.6) is 0 Å². The van der Waals surface area contributed by atoms with Gasteiger partial charge in [0.2, 0.25) is 0 Å². The van der Waals surface area contributed by atoms with Gasteiger partial charge in [0.1, 0.15) is 0 Å². The highest BCUT2D eigenvalue weighted by atomic mass is 35.5. The number of hydrogen-bond donors (Lipinski definition) is 0. The monoisotopic (exact) mass is 231 g/mol. The smallest absolute Gasteiger partial charge is 0.258 e. The third-order valence-corrected chi connectivity index (χ3v) is 2.10. The Morgan fingerprint density at radius 1 is 1.50 bits per heavy atom. The normalized spacial score (nSPS) is 10.7. The van der Waals surface area contributed by atoms with Gasteiger partial charge in [-0.2, -0.15) is 0 Å². The second kappa shape index (κ2) is 4.98. The number of halogens is 2. The number of nitrogens with zero attached hydrogens (tertiary/aromatic N) is 1. The molecular formula is C9H7Cl2NO2. The van der Waals surface area contributed by atoms with Gasteiger partial charge in [-0.05, 0) is 11.6 Å². The first-order chi connectivity index (χ1) is 6.65. The zero-order chi connectivity index (χ0) is 10.6. The molecule has 1 aromatic carbocycles. The Labute approximate surface area is 91.1 Å². The van der Waals surface area contributed by atoms with Crippen LogP contribution in [-0.4, -0.2) is 10.8 Å². The van der Waals surface area contributed by atoms with Gasteiger partial charge in [0, 0.05) is 23.0 Å². The molecule has 0 aliphatic carbocycles. The van der Waals surface area contributed by atoms with Crippen molar-refractivity contribution in [2.75, 3.05) is 5.88 Å². The summed E-state index contributed by atoms with van der Waals surface area (Å²) in [7, 11) is 0. The number of nitro groups is 1. The van der Waals surface area contributed by atoms with Gasteiger partial charge in [-0.3, -0.25) is 10.1 Å². The maximum Gasteiger partial charge on any atom is 0.270 e. The SMILES string of the molecule is O=[N+]([O-])c1ccc(Cl)c(C=CCCl)c1. The zero-order valence-electron chi connectivity index (χ0n) is 7.11. The van der Waals surface area contributed by atoms with E-state index in [4.69, 9.17) is 23.2 Å². The Morgan fingerprint density at radius 3 is 2.79 bits per heavy atom. The van der Waals surface area contributed by atoms with E-state index in [-0.39, 0.29) is 5.69 Å². The molecule has 1 aromatic rings. The lowest BCUT2D eigenvalue weighted by molar-refractivity contribution is -0.384. The van der Waals surface area contributed by atoms with Crippen LogP contribution in [0.15, 0.2) is 24.3 Å². The number of non-ortho nitro benzene ring substituents is 1. The number of rotatable bonds is 3. The van der Waals surface area contributed by atoms with Gasteiger partial charge in [0.15, 0.2) is 0 Å². The van der Waals surface area contributed by atoms with Crippen molar-refractivity contribution in [2.24, 2.45) is 0 Å². The van der Waals surface area contributed by atoms with Crippen LogP contribution in [0.2, 0.25) is 5.02 Å². The van der Waals surface area contributed by atoms with E-state index >= 15 is 0 Å². The van der Waals surface area contributed by atoms with Crippen molar-refractivity contribution in [2.45, 2.75) is 0 Å². The van der Waals surface area contributed by atoms with E-state index in [9.17, 15) is 10.1 Å². The van der Waals surface area contributed by atoms with Gasteiger partial charge in [-0.1, -0.05) is 23.8 Å². The van der Waals surface area contributed by atoms with Gasteiger partial charge in [-0.15, -0.1) is 11.6 Å². The summed E-state index contributed by atoms with van der Waals surface area (Å²) in [6, 6.07) is 4.26. The number of nitro benzene ring substituents is 1. The van der Waals surface area contributed by atoms with E-state index in [0.717, 1.165) is 0 Å². The number of allylic oxidation sites excluding steroid dienone is 1.